The Morgan fingerprint density at radius 2 is 1.68 bits per heavy atom. The predicted molar refractivity (Wildman–Crippen MR) is 81.6 cm³/mol. The first-order valence-electron chi connectivity index (χ1n) is 9.57. The van der Waals surface area contributed by atoms with Crippen LogP contribution < -0.4 is 15.2 Å². The molecule has 0 bridgehead atoms. The van der Waals surface area contributed by atoms with E-state index in [1.54, 1.807) is 6.92 Å². The lowest BCUT2D eigenvalue weighted by molar-refractivity contribution is 0.0527. The van der Waals surface area contributed by atoms with Crippen molar-refractivity contribution >= 4 is 11.7 Å². The molecular weight excluding hydrogens is 290 g/mol. The highest BCUT2D eigenvalue weighted by Crippen LogP contribution is 2.33. The minimum atomic E-state index is -2.56. The molecule has 1 aromatic carbocycles. The number of nitrogens with two attached hydrogens (primary N) is 1. The zero-order chi connectivity index (χ0) is 21.4. The molecule has 0 saturated heterocycles. The maximum Gasteiger partial charge on any atom is 0.340 e. The summed E-state index contributed by atoms with van der Waals surface area (Å²) in [6.07, 6.45) is 0. The van der Waals surface area contributed by atoms with Crippen molar-refractivity contribution in [3.05, 3.63) is 17.7 Å². The average molecular weight is 319 g/mol. The van der Waals surface area contributed by atoms with Crippen LogP contribution in [0, 0.1) is 0 Å². The number of carbonyl (C=O) groups excluding carboxylic acids is 1. The van der Waals surface area contributed by atoms with E-state index in [0.717, 1.165) is 0 Å². The van der Waals surface area contributed by atoms with Gasteiger partial charge in [-0.15, -0.1) is 0 Å². The van der Waals surface area contributed by atoms with Crippen LogP contribution in [-0.2, 0) is 14.2 Å². The van der Waals surface area contributed by atoms with Crippen LogP contribution in [0.1, 0.15) is 25.5 Å². The predicted octanol–water partition coefficient (Wildman–Crippen LogP) is 1.50. The quantitative estimate of drug-likeness (QED) is 0.397. The number of methoxy groups -OCH3 is 2. The molecule has 0 saturated carbocycles. The Morgan fingerprint density at radius 3 is 2.23 bits per heavy atom. The number of carbonyl (C=O) groups is 1. The summed E-state index contributed by atoms with van der Waals surface area (Å²) in [6.45, 7) is 1.05. The number of nitrogen functional groups attached to an aromatic ring is 1. The van der Waals surface area contributed by atoms with E-state index >= 15 is 0 Å². The molecule has 7 heteroatoms. The van der Waals surface area contributed by atoms with Crippen molar-refractivity contribution in [2.24, 2.45) is 0 Å². The molecule has 0 fully saturated rings. The smallest absolute Gasteiger partial charge is 0.340 e. The van der Waals surface area contributed by atoms with Crippen molar-refractivity contribution in [1.82, 2.24) is 0 Å². The van der Waals surface area contributed by atoms with Gasteiger partial charge in [-0.3, -0.25) is 0 Å². The van der Waals surface area contributed by atoms with Gasteiger partial charge in [0, 0.05) is 26.2 Å². The fourth-order valence-electron chi connectivity index (χ4n) is 1.57. The van der Waals surface area contributed by atoms with E-state index in [1.165, 1.54) is 12.1 Å². The third-order valence-electron chi connectivity index (χ3n) is 2.50. The molecule has 0 amide bonds. The van der Waals surface area contributed by atoms with Crippen molar-refractivity contribution in [1.29, 1.82) is 0 Å². The zero-order valence-corrected chi connectivity index (χ0v) is 12.2. The molecule has 1 rings (SSSR count). The Kier molecular flexibility index (Phi) is 4.79. The zero-order valence-electron chi connectivity index (χ0n) is 18.2. The van der Waals surface area contributed by atoms with Crippen LogP contribution in [0.2, 0.25) is 0 Å². The first kappa shape index (κ1) is 10.7. The maximum atomic E-state index is 12.0. The van der Waals surface area contributed by atoms with Crippen molar-refractivity contribution in [2.45, 2.75) is 6.92 Å². The molecular formula is C15H23NO6. The number of rotatable bonds is 10. The standard InChI is InChI=1S/C15H23NO6/c1-4-20-15(17)11-9-13(21-7-5-18-2)14(10-12(11)16)22-8-6-19-3/h9-10H,4-8,16H2,1-3H3/i2D3,3D3. The van der Waals surface area contributed by atoms with Crippen molar-refractivity contribution in [2.75, 3.05) is 52.8 Å². The highest BCUT2D eigenvalue weighted by molar-refractivity contribution is 5.96. The van der Waals surface area contributed by atoms with Crippen molar-refractivity contribution in [3.63, 3.8) is 0 Å². The van der Waals surface area contributed by atoms with Gasteiger partial charge in [0.1, 0.15) is 13.2 Å². The summed E-state index contributed by atoms with van der Waals surface area (Å²) in [5.74, 6) is -0.463. The molecule has 22 heavy (non-hydrogen) atoms. The fraction of sp³-hybridized carbons (Fsp3) is 0.533. The minimum absolute atomic E-state index is 0.0414. The number of hydrogen-bond donors (Lipinski definition) is 1. The Bertz CT molecular complexity index is 649. The van der Waals surface area contributed by atoms with Crippen LogP contribution in [-0.4, -0.2) is 53.1 Å². The van der Waals surface area contributed by atoms with Crippen molar-refractivity contribution < 1.29 is 36.7 Å². The number of anilines is 1. The van der Waals surface area contributed by atoms with Gasteiger partial charge < -0.3 is 29.4 Å². The third kappa shape index (κ3) is 5.42. The van der Waals surface area contributed by atoms with Crippen LogP contribution in [0.15, 0.2) is 12.1 Å². The van der Waals surface area contributed by atoms with Crippen molar-refractivity contribution in [3.8, 4) is 11.5 Å². The molecule has 124 valence electrons. The van der Waals surface area contributed by atoms with E-state index in [4.69, 9.17) is 28.2 Å². The van der Waals surface area contributed by atoms with Gasteiger partial charge >= 0.3 is 5.97 Å². The van der Waals surface area contributed by atoms with Gasteiger partial charge in [-0.2, -0.15) is 0 Å². The Morgan fingerprint density at radius 1 is 1.09 bits per heavy atom. The Labute approximate surface area is 138 Å². The van der Waals surface area contributed by atoms with Gasteiger partial charge in [0.05, 0.1) is 39.3 Å². The first-order chi connectivity index (χ1) is 12.9. The van der Waals surface area contributed by atoms with Gasteiger partial charge in [0.25, 0.3) is 0 Å². The summed E-state index contributed by atoms with van der Waals surface area (Å²) >= 11 is 0. The molecule has 0 aliphatic carbocycles. The topological polar surface area (TPSA) is 89.2 Å². The van der Waals surface area contributed by atoms with Gasteiger partial charge in [-0.1, -0.05) is 0 Å². The molecule has 0 radical (unpaired) electrons. The summed E-state index contributed by atoms with van der Waals surface area (Å²) < 4.78 is 66.8. The highest BCUT2D eigenvalue weighted by Gasteiger charge is 2.17. The Hall–Kier alpha value is -1.99. The molecule has 0 spiro atoms. The van der Waals surface area contributed by atoms with Gasteiger partial charge in [0.15, 0.2) is 11.5 Å². The normalized spacial score (nSPS) is 15.5. The SMILES string of the molecule is [2H]C([2H])([2H])OCCOc1cc(N)c(C(=O)OCC)cc1OCCOC([2H])([2H])[2H]. The van der Waals surface area contributed by atoms with Crippen LogP contribution >= 0.6 is 0 Å². The summed E-state index contributed by atoms with van der Waals surface area (Å²) in [5, 5.41) is 0. The summed E-state index contributed by atoms with van der Waals surface area (Å²) in [4.78, 5) is 12.0. The number of ether oxygens (including phenoxy) is 5. The van der Waals surface area contributed by atoms with Crippen LogP contribution in [0.5, 0.6) is 11.5 Å². The highest BCUT2D eigenvalue weighted by atomic mass is 16.6. The number of benzene rings is 1. The van der Waals surface area contributed by atoms with Crippen LogP contribution in [0.4, 0.5) is 5.69 Å². The summed E-state index contributed by atoms with van der Waals surface area (Å²) in [7, 11) is -5.12. The molecule has 0 aliphatic heterocycles. The van der Waals surface area contributed by atoms with Gasteiger partial charge in [0.2, 0.25) is 0 Å². The third-order valence-corrected chi connectivity index (χ3v) is 2.50. The lowest BCUT2D eigenvalue weighted by Gasteiger charge is -2.15. The minimum Gasteiger partial charge on any atom is -0.487 e. The first-order valence-corrected chi connectivity index (χ1v) is 6.57. The fourth-order valence-corrected chi connectivity index (χ4v) is 1.57. The van der Waals surface area contributed by atoms with E-state index < -0.39 is 20.0 Å². The lowest BCUT2D eigenvalue weighted by Crippen LogP contribution is -2.12. The van der Waals surface area contributed by atoms with E-state index in [-0.39, 0.29) is 55.8 Å². The molecule has 0 heterocycles. The second-order valence-corrected chi connectivity index (χ2v) is 4.00. The number of hydrogen-bond acceptors (Lipinski definition) is 7. The second kappa shape index (κ2) is 9.86. The molecule has 0 aliphatic rings. The van der Waals surface area contributed by atoms with E-state index in [9.17, 15) is 4.79 Å². The molecule has 0 unspecified atom stereocenters. The summed E-state index contributed by atoms with van der Waals surface area (Å²) in [5.41, 5.74) is 5.96. The van der Waals surface area contributed by atoms with Crippen LogP contribution in [0.3, 0.4) is 0 Å². The molecule has 0 aromatic heterocycles. The van der Waals surface area contributed by atoms with Gasteiger partial charge in [-0.05, 0) is 6.92 Å². The second-order valence-electron chi connectivity index (χ2n) is 4.00. The van der Waals surface area contributed by atoms with E-state index in [1.807, 2.05) is 0 Å². The molecule has 1 aromatic rings. The van der Waals surface area contributed by atoms with E-state index in [2.05, 4.69) is 9.47 Å². The molecule has 7 nitrogen and oxygen atoms in total. The Balaban J connectivity index is 2.88. The molecule has 2 N–H and O–H groups in total. The lowest BCUT2D eigenvalue weighted by atomic mass is 10.1. The maximum absolute atomic E-state index is 12.0. The summed E-state index contributed by atoms with van der Waals surface area (Å²) in [6, 6.07) is 2.62. The van der Waals surface area contributed by atoms with E-state index in [0.29, 0.717) is 0 Å². The van der Waals surface area contributed by atoms with Crippen LogP contribution in [0.25, 0.3) is 0 Å². The average Bonchev–Trinajstić information content (AvgIpc) is 2.55. The monoisotopic (exact) mass is 319 g/mol. The largest absolute Gasteiger partial charge is 0.487 e. The van der Waals surface area contributed by atoms with Gasteiger partial charge in [-0.25, -0.2) is 4.79 Å². The molecule has 0 atom stereocenters. The number of esters is 1.